The molecule has 0 bridgehead atoms. The first kappa shape index (κ1) is 13.5. The van der Waals surface area contributed by atoms with Crippen LogP contribution in [0.25, 0.3) is 10.8 Å². The van der Waals surface area contributed by atoms with Crippen LogP contribution in [-0.4, -0.2) is 12.0 Å². The zero-order valence-corrected chi connectivity index (χ0v) is 11.6. The van der Waals surface area contributed by atoms with E-state index in [0.717, 1.165) is 10.8 Å². The summed E-state index contributed by atoms with van der Waals surface area (Å²) in [6, 6.07) is 15.1. The number of hydrogen-bond donors (Lipinski definition) is 1. The van der Waals surface area contributed by atoms with Crippen molar-refractivity contribution in [1.82, 2.24) is 10.3 Å². The number of pyridine rings is 1. The van der Waals surface area contributed by atoms with Gasteiger partial charge in [0, 0.05) is 23.7 Å². The number of ether oxygens (including phenoxy) is 1. The Balaban J connectivity index is 2.01. The van der Waals surface area contributed by atoms with Crippen LogP contribution < -0.4 is 10.1 Å². The summed E-state index contributed by atoms with van der Waals surface area (Å²) in [6.07, 6.45) is 1.55. The minimum atomic E-state index is -0.431. The van der Waals surface area contributed by atoms with Crippen molar-refractivity contribution >= 4 is 10.8 Å². The third kappa shape index (κ3) is 2.71. The maximum atomic E-state index is 14.3. The molecule has 0 fully saturated rings. The van der Waals surface area contributed by atoms with Crippen molar-refractivity contribution < 1.29 is 9.13 Å². The summed E-state index contributed by atoms with van der Waals surface area (Å²) >= 11 is 0. The minimum absolute atomic E-state index is 0.000830. The van der Waals surface area contributed by atoms with Gasteiger partial charge in [-0.15, -0.1) is 0 Å². The Labute approximate surface area is 122 Å². The molecular weight excluding hydrogens is 267 g/mol. The normalized spacial score (nSPS) is 10.8. The quantitative estimate of drug-likeness (QED) is 0.788. The van der Waals surface area contributed by atoms with E-state index in [1.165, 1.54) is 0 Å². The predicted molar refractivity (Wildman–Crippen MR) is 81.0 cm³/mol. The van der Waals surface area contributed by atoms with E-state index >= 15 is 0 Å². The van der Waals surface area contributed by atoms with Gasteiger partial charge in [-0.3, -0.25) is 0 Å². The summed E-state index contributed by atoms with van der Waals surface area (Å²) in [7, 11) is 1.77. The van der Waals surface area contributed by atoms with E-state index in [1.807, 2.05) is 42.5 Å². The van der Waals surface area contributed by atoms with Gasteiger partial charge in [0.2, 0.25) is 0 Å². The van der Waals surface area contributed by atoms with Crippen molar-refractivity contribution in [1.29, 1.82) is 0 Å². The number of fused-ring (bicyclic) bond motifs is 1. The summed E-state index contributed by atoms with van der Waals surface area (Å²) in [4.78, 5) is 4.00. The van der Waals surface area contributed by atoms with Gasteiger partial charge < -0.3 is 10.1 Å². The number of aromatic nitrogens is 1. The second-order valence-corrected chi connectivity index (χ2v) is 4.70. The van der Waals surface area contributed by atoms with Crippen LogP contribution in [0.5, 0.6) is 11.6 Å². The maximum absolute atomic E-state index is 14.3. The van der Waals surface area contributed by atoms with Crippen LogP contribution in [0, 0.1) is 5.82 Å². The fourth-order valence-corrected chi connectivity index (χ4v) is 2.25. The Hall–Kier alpha value is -2.46. The fourth-order valence-electron chi connectivity index (χ4n) is 2.25. The van der Waals surface area contributed by atoms with Crippen LogP contribution in [0.1, 0.15) is 5.56 Å². The molecule has 1 aromatic heterocycles. The smallest absolute Gasteiger partial charge is 0.256 e. The second kappa shape index (κ2) is 5.89. The minimum Gasteiger partial charge on any atom is -0.436 e. The third-order valence-corrected chi connectivity index (χ3v) is 3.26. The summed E-state index contributed by atoms with van der Waals surface area (Å²) < 4.78 is 20.0. The lowest BCUT2D eigenvalue weighted by atomic mass is 10.1. The monoisotopic (exact) mass is 282 g/mol. The lowest BCUT2D eigenvalue weighted by Crippen LogP contribution is -2.08. The van der Waals surface area contributed by atoms with Crippen molar-refractivity contribution in [3.8, 4) is 11.6 Å². The van der Waals surface area contributed by atoms with Crippen LogP contribution >= 0.6 is 0 Å². The molecule has 0 aliphatic carbocycles. The summed E-state index contributed by atoms with van der Waals surface area (Å²) in [5.41, 5.74) is 0.530. The first-order valence-electron chi connectivity index (χ1n) is 6.73. The number of nitrogens with one attached hydrogen (secondary N) is 1. The molecule has 3 aromatic rings. The maximum Gasteiger partial charge on any atom is 0.256 e. The number of benzene rings is 2. The first-order valence-corrected chi connectivity index (χ1v) is 6.73. The topological polar surface area (TPSA) is 34.2 Å². The molecule has 1 N–H and O–H groups in total. The van der Waals surface area contributed by atoms with Gasteiger partial charge in [0.25, 0.3) is 5.88 Å². The van der Waals surface area contributed by atoms with Gasteiger partial charge in [-0.25, -0.2) is 9.37 Å². The number of hydrogen-bond acceptors (Lipinski definition) is 3. The molecule has 3 nitrogen and oxygen atoms in total. The van der Waals surface area contributed by atoms with Crippen LogP contribution in [0.15, 0.2) is 54.7 Å². The SMILES string of the molecule is CNCc1ccnc(Oc2cccc3ccccc23)c1F. The zero-order valence-electron chi connectivity index (χ0n) is 11.6. The lowest BCUT2D eigenvalue weighted by Gasteiger charge is -2.10. The molecule has 0 aliphatic rings. The number of nitrogens with zero attached hydrogens (tertiary/aromatic N) is 1. The van der Waals surface area contributed by atoms with E-state index in [9.17, 15) is 4.39 Å². The van der Waals surface area contributed by atoms with Gasteiger partial charge in [0.1, 0.15) is 5.75 Å². The van der Waals surface area contributed by atoms with Crippen molar-refractivity contribution in [3.63, 3.8) is 0 Å². The van der Waals surface area contributed by atoms with Crippen molar-refractivity contribution in [2.75, 3.05) is 7.05 Å². The molecule has 0 atom stereocenters. The highest BCUT2D eigenvalue weighted by molar-refractivity contribution is 5.88. The Morgan fingerprint density at radius 3 is 2.76 bits per heavy atom. The molecule has 3 rings (SSSR count). The lowest BCUT2D eigenvalue weighted by molar-refractivity contribution is 0.422. The van der Waals surface area contributed by atoms with Gasteiger partial charge in [-0.1, -0.05) is 36.4 Å². The number of rotatable bonds is 4. The van der Waals surface area contributed by atoms with Crippen molar-refractivity contribution in [2.24, 2.45) is 0 Å². The molecule has 0 spiro atoms. The highest BCUT2D eigenvalue weighted by Crippen LogP contribution is 2.30. The van der Waals surface area contributed by atoms with E-state index in [1.54, 1.807) is 19.3 Å². The molecule has 0 aliphatic heterocycles. The standard InChI is InChI=1S/C17H15FN2O/c1-19-11-13-9-10-20-17(16(13)18)21-15-8-4-6-12-5-2-3-7-14(12)15/h2-10,19H,11H2,1H3. The van der Waals surface area contributed by atoms with Crippen LogP contribution in [-0.2, 0) is 6.54 Å². The molecule has 21 heavy (non-hydrogen) atoms. The van der Waals surface area contributed by atoms with Crippen molar-refractivity contribution in [2.45, 2.75) is 6.54 Å². The van der Waals surface area contributed by atoms with E-state index < -0.39 is 5.82 Å². The zero-order chi connectivity index (χ0) is 14.7. The van der Waals surface area contributed by atoms with Gasteiger partial charge in [-0.05, 0) is 24.6 Å². The number of halogens is 1. The van der Waals surface area contributed by atoms with Gasteiger partial charge in [-0.2, -0.15) is 0 Å². The van der Waals surface area contributed by atoms with E-state index in [0.29, 0.717) is 17.9 Å². The van der Waals surface area contributed by atoms with E-state index in [2.05, 4.69) is 10.3 Å². The van der Waals surface area contributed by atoms with E-state index in [4.69, 9.17) is 4.74 Å². The first-order chi connectivity index (χ1) is 10.3. The molecule has 106 valence electrons. The molecule has 0 radical (unpaired) electrons. The molecule has 4 heteroatoms. The molecular formula is C17H15FN2O. The molecule has 1 heterocycles. The van der Waals surface area contributed by atoms with Gasteiger partial charge in [0.05, 0.1) is 0 Å². The van der Waals surface area contributed by atoms with Crippen LogP contribution in [0.3, 0.4) is 0 Å². The van der Waals surface area contributed by atoms with E-state index in [-0.39, 0.29) is 5.88 Å². The molecule has 0 unspecified atom stereocenters. The average Bonchev–Trinajstić information content (AvgIpc) is 2.52. The molecule has 0 saturated heterocycles. The molecule has 0 amide bonds. The van der Waals surface area contributed by atoms with Crippen LogP contribution in [0.4, 0.5) is 4.39 Å². The summed E-state index contributed by atoms with van der Waals surface area (Å²) in [5, 5.41) is 4.90. The Morgan fingerprint density at radius 1 is 1.10 bits per heavy atom. The van der Waals surface area contributed by atoms with Crippen LogP contribution in [0.2, 0.25) is 0 Å². The highest BCUT2D eigenvalue weighted by atomic mass is 19.1. The summed E-state index contributed by atoms with van der Waals surface area (Å²) in [5.74, 6) is 0.167. The van der Waals surface area contributed by atoms with Gasteiger partial charge in [0.15, 0.2) is 5.82 Å². The average molecular weight is 282 g/mol. The highest BCUT2D eigenvalue weighted by Gasteiger charge is 2.12. The summed E-state index contributed by atoms with van der Waals surface area (Å²) in [6.45, 7) is 0.431. The van der Waals surface area contributed by atoms with Crippen molar-refractivity contribution in [3.05, 3.63) is 66.1 Å². The molecule has 0 saturated carbocycles. The predicted octanol–water partition coefficient (Wildman–Crippen LogP) is 3.89. The molecule has 2 aromatic carbocycles. The Kier molecular flexibility index (Phi) is 3.79. The third-order valence-electron chi connectivity index (χ3n) is 3.26. The van der Waals surface area contributed by atoms with Gasteiger partial charge >= 0.3 is 0 Å². The Morgan fingerprint density at radius 2 is 1.90 bits per heavy atom. The largest absolute Gasteiger partial charge is 0.436 e. The fraction of sp³-hybridized carbons (Fsp3) is 0.118. The Bertz CT molecular complexity index is 768. The second-order valence-electron chi connectivity index (χ2n) is 4.70.